The zero-order chi connectivity index (χ0) is 37.6. The maximum Gasteiger partial charge on any atom is 0.302 e. The van der Waals surface area contributed by atoms with Crippen molar-refractivity contribution >= 4 is 33.5 Å². The summed E-state index contributed by atoms with van der Waals surface area (Å²) in [7, 11) is 3.47. The van der Waals surface area contributed by atoms with Crippen LogP contribution in [-0.4, -0.2) is 106 Å². The number of carbonyl (C=O) groups is 1. The Labute approximate surface area is 321 Å². The number of piperidine rings is 1. The molecule has 12 nitrogen and oxygen atoms in total. The molecule has 4 aliphatic heterocycles. The number of ether oxygens (including phenoxy) is 2. The Bertz CT molecular complexity index is 1620. The molecule has 1 spiro atoms. The van der Waals surface area contributed by atoms with Gasteiger partial charge in [-0.1, -0.05) is 45.3 Å². The molecule has 5 aliphatic rings. The van der Waals surface area contributed by atoms with Crippen molar-refractivity contribution in [2.75, 3.05) is 38.5 Å². The van der Waals surface area contributed by atoms with Crippen LogP contribution in [0.15, 0.2) is 17.1 Å². The number of hydrogen-bond acceptors (Lipinski definition) is 14. The Balaban J connectivity index is 1.58. The number of aliphatic hydroxyl groups is 3. The predicted octanol–water partition coefficient (Wildman–Crippen LogP) is 2.06. The molecule has 9 N–H and O–H groups in total. The summed E-state index contributed by atoms with van der Waals surface area (Å²) in [6.45, 7) is 5.63. The fourth-order valence-electron chi connectivity index (χ4n) is 8.53. The zero-order valence-electron chi connectivity index (χ0n) is 30.7. The molecule has 1 saturated heterocycles. The van der Waals surface area contributed by atoms with E-state index in [4.69, 9.17) is 15.2 Å². The van der Waals surface area contributed by atoms with E-state index < -0.39 is 41.5 Å². The number of nitrogens with zero attached hydrogens (tertiary/aromatic N) is 1. The van der Waals surface area contributed by atoms with Crippen molar-refractivity contribution in [2.45, 2.75) is 107 Å². The van der Waals surface area contributed by atoms with Gasteiger partial charge in [-0.25, -0.2) is 0 Å². The van der Waals surface area contributed by atoms with Crippen molar-refractivity contribution in [3.05, 3.63) is 23.3 Å². The highest BCUT2D eigenvalue weighted by Gasteiger charge is 2.43. The summed E-state index contributed by atoms with van der Waals surface area (Å²) in [5.41, 5.74) is 6.22. The van der Waals surface area contributed by atoms with Crippen molar-refractivity contribution in [3.8, 4) is 35.2 Å². The third-order valence-electron chi connectivity index (χ3n) is 11.5. The maximum absolute atomic E-state index is 12.8. The molecule has 0 aromatic heterocycles. The molecule has 53 heavy (non-hydrogen) atoms. The lowest BCUT2D eigenvalue weighted by molar-refractivity contribution is -0.152. The second kappa shape index (κ2) is 17.8. The third-order valence-corrected chi connectivity index (χ3v) is 14.1. The Morgan fingerprint density at radius 3 is 2.85 bits per heavy atom. The second-order valence-electron chi connectivity index (χ2n) is 15.4. The van der Waals surface area contributed by atoms with Gasteiger partial charge in [-0.3, -0.25) is 9.79 Å². The van der Waals surface area contributed by atoms with Gasteiger partial charge in [-0.05, 0) is 75.3 Å². The number of fused-ring (bicyclic) bond motifs is 5. The summed E-state index contributed by atoms with van der Waals surface area (Å²) in [5.74, 6) is 14.4. The molecule has 1 aromatic rings. The molecule has 6 rings (SSSR count). The lowest BCUT2D eigenvalue weighted by atomic mass is 9.70. The first-order valence-electron chi connectivity index (χ1n) is 18.9. The fourth-order valence-corrected chi connectivity index (χ4v) is 10.7. The molecule has 4 heterocycles. The minimum Gasteiger partial charge on any atom is -0.504 e. The molecule has 1 fully saturated rings. The number of carbonyl (C=O) groups excluding carboxylic acids is 1. The summed E-state index contributed by atoms with van der Waals surface area (Å²) in [6, 6.07) is 3.36. The van der Waals surface area contributed by atoms with Crippen molar-refractivity contribution in [1.82, 2.24) is 16.0 Å². The van der Waals surface area contributed by atoms with Gasteiger partial charge in [0.1, 0.15) is 12.2 Å². The molecule has 290 valence electrons. The lowest BCUT2D eigenvalue weighted by Crippen LogP contribution is -2.59. The quantitative estimate of drug-likeness (QED) is 0.127. The van der Waals surface area contributed by atoms with E-state index in [0.29, 0.717) is 69.5 Å². The van der Waals surface area contributed by atoms with E-state index in [1.807, 2.05) is 0 Å². The molecular weight excluding hydrogens is 715 g/mol. The smallest absolute Gasteiger partial charge is 0.302 e. The van der Waals surface area contributed by atoms with Crippen molar-refractivity contribution in [1.29, 1.82) is 0 Å². The Kier molecular flexibility index (Phi) is 13.4. The number of nitrogens with two attached hydrogens (primary N) is 1. The molecular formula is C39H55N5O7S2. The third kappa shape index (κ3) is 10.1. The number of aliphatic hydroxyl groups excluding tert-OH is 3. The number of benzene rings is 1. The zero-order valence-corrected chi connectivity index (χ0v) is 32.4. The standard InChI is InChI=1S/C39H55N5O7S2/c1-24(46)38-8-5-27-13-26-3-4-32(53-52-12-11-42-37(40)43-22-38)20-41-23-39(18-26)19-31(7-10-44-39)51-36-16-28(29(21-45)15-34(36)49)14-33(27)35(50-25(2)47)17-30(48)6-9-38/h15-16,24,26-27,30-33,35,41,44-46,48-49H,6-7,9-14,17-23H2,1-2H3,(H3,40,42,43). The van der Waals surface area contributed by atoms with E-state index in [1.54, 1.807) is 40.6 Å². The average Bonchev–Trinajstić information content (AvgIpc) is 3.18. The first kappa shape index (κ1) is 39.9. The van der Waals surface area contributed by atoms with Crippen LogP contribution < -0.4 is 26.4 Å². The van der Waals surface area contributed by atoms with Crippen LogP contribution in [0.25, 0.3) is 0 Å². The van der Waals surface area contributed by atoms with E-state index in [9.17, 15) is 25.2 Å². The number of phenolic OH excluding ortho intramolecular Hbond substituents is 1. The molecule has 14 heteroatoms. The van der Waals surface area contributed by atoms with Crippen molar-refractivity contribution < 1.29 is 34.7 Å². The van der Waals surface area contributed by atoms with Crippen LogP contribution in [0.2, 0.25) is 0 Å². The van der Waals surface area contributed by atoms with Gasteiger partial charge in [0.25, 0.3) is 0 Å². The maximum atomic E-state index is 12.8. The molecule has 0 radical (unpaired) electrons. The Morgan fingerprint density at radius 2 is 2.06 bits per heavy atom. The summed E-state index contributed by atoms with van der Waals surface area (Å²) >= 11 is 0. The van der Waals surface area contributed by atoms with Crippen molar-refractivity contribution in [3.63, 3.8) is 0 Å². The van der Waals surface area contributed by atoms with Crippen LogP contribution in [0.4, 0.5) is 0 Å². The summed E-state index contributed by atoms with van der Waals surface area (Å²) < 4.78 is 12.7. The highest BCUT2D eigenvalue weighted by atomic mass is 33.1. The topological polar surface area (TPSA) is 191 Å². The van der Waals surface area contributed by atoms with Crippen LogP contribution >= 0.6 is 21.6 Å². The number of rotatable bonds is 3. The highest BCUT2D eigenvalue weighted by Crippen LogP contribution is 2.42. The monoisotopic (exact) mass is 769 g/mol. The SMILES string of the molecule is CC(=O)OC1CC(O)CCC2(C(C)O)C#CC3CC4C#CC(CNCC5(C4)CC(CCN5)Oc4cc(c(CO)cc4O)CC31)SSCCNC(N)=NC2. The van der Waals surface area contributed by atoms with Gasteiger partial charge in [0, 0.05) is 68.4 Å². The van der Waals surface area contributed by atoms with Gasteiger partial charge < -0.3 is 51.6 Å². The number of phenols is 1. The first-order chi connectivity index (χ1) is 25.5. The summed E-state index contributed by atoms with van der Waals surface area (Å²) in [5, 5.41) is 55.5. The predicted molar refractivity (Wildman–Crippen MR) is 208 cm³/mol. The van der Waals surface area contributed by atoms with Gasteiger partial charge in [0.15, 0.2) is 17.5 Å². The molecule has 0 amide bonds. The highest BCUT2D eigenvalue weighted by molar-refractivity contribution is 8.77. The molecule has 10 atom stereocenters. The number of esters is 1. The minimum atomic E-state index is -1.01. The van der Waals surface area contributed by atoms with E-state index in [1.165, 1.54) is 6.92 Å². The second-order valence-corrected chi connectivity index (χ2v) is 18.1. The normalized spacial score (nSPS) is 35.6. The van der Waals surface area contributed by atoms with E-state index in [2.05, 4.69) is 44.6 Å². The number of aliphatic imine (C=N–C) groups is 1. The van der Waals surface area contributed by atoms with E-state index >= 15 is 0 Å². The Morgan fingerprint density at radius 1 is 1.21 bits per heavy atom. The van der Waals surface area contributed by atoms with Crippen LogP contribution in [0, 0.1) is 46.9 Å². The molecule has 0 saturated carbocycles. The van der Waals surface area contributed by atoms with Crippen molar-refractivity contribution in [2.24, 2.45) is 33.9 Å². The Hall–Kier alpha value is -2.82. The van der Waals surface area contributed by atoms with Crippen LogP contribution in [-0.2, 0) is 22.6 Å². The van der Waals surface area contributed by atoms with Gasteiger partial charge in [0.2, 0.25) is 0 Å². The van der Waals surface area contributed by atoms with Gasteiger partial charge in [0.05, 0.1) is 36.0 Å². The molecule has 1 aromatic carbocycles. The number of aromatic hydroxyl groups is 1. The van der Waals surface area contributed by atoms with Crippen LogP contribution in [0.5, 0.6) is 11.5 Å². The fraction of sp³-hybridized carbons (Fsp3) is 0.692. The van der Waals surface area contributed by atoms with Gasteiger partial charge >= 0.3 is 5.97 Å². The minimum absolute atomic E-state index is 0.0236. The number of nitrogens with one attached hydrogen (secondary N) is 3. The molecule has 1 aliphatic carbocycles. The van der Waals surface area contributed by atoms with Crippen LogP contribution in [0.1, 0.15) is 69.9 Å². The first-order valence-corrected chi connectivity index (χ1v) is 21.3. The molecule has 8 bridgehead atoms. The van der Waals surface area contributed by atoms with Gasteiger partial charge in [-0.15, -0.1) is 0 Å². The molecule has 10 unspecified atom stereocenters. The average molecular weight is 770 g/mol. The lowest BCUT2D eigenvalue weighted by Gasteiger charge is -2.43. The van der Waals surface area contributed by atoms with E-state index in [-0.39, 0.29) is 54.1 Å². The summed E-state index contributed by atoms with van der Waals surface area (Å²) in [6.07, 6.45) is 1.16. The van der Waals surface area contributed by atoms with Gasteiger partial charge in [-0.2, -0.15) is 0 Å². The largest absolute Gasteiger partial charge is 0.504 e. The van der Waals surface area contributed by atoms with Crippen LogP contribution in [0.3, 0.4) is 0 Å². The number of hydrogen-bond donors (Lipinski definition) is 8. The van der Waals surface area contributed by atoms with E-state index in [0.717, 1.165) is 24.3 Å². The number of guanidine groups is 1. The summed E-state index contributed by atoms with van der Waals surface area (Å²) in [4.78, 5) is 17.4.